The molecule has 0 aliphatic heterocycles. The molecule has 0 saturated heterocycles. The number of carbonyl (C=O) groups excluding carboxylic acids is 1. The number of anilines is 1. The van der Waals surface area contributed by atoms with Gasteiger partial charge in [0.25, 0.3) is 0 Å². The van der Waals surface area contributed by atoms with Crippen molar-refractivity contribution >= 4 is 33.4 Å². The lowest BCUT2D eigenvalue weighted by atomic mass is 10.2. The quantitative estimate of drug-likeness (QED) is 0.632. The van der Waals surface area contributed by atoms with Crippen LogP contribution >= 0.6 is 11.8 Å². The van der Waals surface area contributed by atoms with Gasteiger partial charge in [0.1, 0.15) is 6.54 Å². The second kappa shape index (κ2) is 10.2. The van der Waals surface area contributed by atoms with Gasteiger partial charge in [-0.05, 0) is 29.9 Å². The Bertz CT molecular complexity index is 781. The summed E-state index contributed by atoms with van der Waals surface area (Å²) in [7, 11) is -3.51. The Morgan fingerprint density at radius 2 is 1.65 bits per heavy atom. The number of rotatable bonds is 10. The van der Waals surface area contributed by atoms with E-state index >= 15 is 0 Å². The first-order valence-corrected chi connectivity index (χ1v) is 11.4. The molecule has 0 aliphatic rings. The number of thioether (sulfide) groups is 1. The van der Waals surface area contributed by atoms with Crippen molar-refractivity contribution in [2.24, 2.45) is 0 Å². The molecule has 1 N–H and O–H groups in total. The van der Waals surface area contributed by atoms with E-state index < -0.39 is 10.0 Å². The summed E-state index contributed by atoms with van der Waals surface area (Å²) in [4.78, 5) is 12.1. The van der Waals surface area contributed by atoms with E-state index in [1.807, 2.05) is 30.0 Å². The Morgan fingerprint density at radius 3 is 2.27 bits per heavy atom. The average Bonchev–Trinajstić information content (AvgIpc) is 2.63. The number of amides is 1. The maximum atomic E-state index is 12.1. The summed E-state index contributed by atoms with van der Waals surface area (Å²) in [6.07, 6.45) is 1.95. The van der Waals surface area contributed by atoms with Crippen molar-refractivity contribution in [1.29, 1.82) is 0 Å². The highest BCUT2D eigenvalue weighted by molar-refractivity contribution is 7.98. The normalized spacial score (nSPS) is 11.1. The van der Waals surface area contributed by atoms with Gasteiger partial charge in [-0.3, -0.25) is 9.10 Å². The van der Waals surface area contributed by atoms with Crippen LogP contribution < -0.4 is 9.62 Å². The van der Waals surface area contributed by atoms with Gasteiger partial charge in [0, 0.05) is 12.3 Å². The van der Waals surface area contributed by atoms with Crippen LogP contribution in [-0.4, -0.2) is 39.4 Å². The Kier molecular flexibility index (Phi) is 8.00. The molecule has 0 heterocycles. The summed E-state index contributed by atoms with van der Waals surface area (Å²) in [5.41, 5.74) is 1.77. The van der Waals surface area contributed by atoms with Gasteiger partial charge in [-0.1, -0.05) is 48.5 Å². The molecule has 1 amide bonds. The van der Waals surface area contributed by atoms with Crippen molar-refractivity contribution < 1.29 is 13.2 Å². The van der Waals surface area contributed by atoms with Gasteiger partial charge in [0.05, 0.1) is 11.9 Å². The maximum Gasteiger partial charge on any atom is 0.240 e. The Labute approximate surface area is 159 Å². The molecule has 26 heavy (non-hydrogen) atoms. The lowest BCUT2D eigenvalue weighted by Gasteiger charge is -2.21. The van der Waals surface area contributed by atoms with Crippen LogP contribution in [0.2, 0.25) is 0 Å². The van der Waals surface area contributed by atoms with Crippen LogP contribution in [0.1, 0.15) is 12.0 Å². The summed E-state index contributed by atoms with van der Waals surface area (Å²) in [6.45, 7) is 0.326. The van der Waals surface area contributed by atoms with Gasteiger partial charge < -0.3 is 5.32 Å². The van der Waals surface area contributed by atoms with Crippen molar-refractivity contribution in [1.82, 2.24) is 5.32 Å². The highest BCUT2D eigenvalue weighted by Crippen LogP contribution is 2.16. The first-order valence-electron chi connectivity index (χ1n) is 8.38. The predicted octanol–water partition coefficient (Wildman–Crippen LogP) is 2.89. The minimum atomic E-state index is -3.51. The largest absolute Gasteiger partial charge is 0.354 e. The molecule has 0 atom stereocenters. The molecular weight excluding hydrogens is 368 g/mol. The van der Waals surface area contributed by atoms with Crippen LogP contribution in [0.15, 0.2) is 60.7 Å². The zero-order valence-corrected chi connectivity index (χ0v) is 16.4. The van der Waals surface area contributed by atoms with Crippen molar-refractivity contribution in [3.05, 3.63) is 66.2 Å². The molecule has 0 aromatic heterocycles. The van der Waals surface area contributed by atoms with Crippen LogP contribution in [0.3, 0.4) is 0 Å². The van der Waals surface area contributed by atoms with E-state index in [0.717, 1.165) is 28.5 Å². The number of benzene rings is 2. The fourth-order valence-electron chi connectivity index (χ4n) is 2.35. The van der Waals surface area contributed by atoms with Gasteiger partial charge in [-0.15, -0.1) is 0 Å². The summed E-state index contributed by atoms with van der Waals surface area (Å²) < 4.78 is 25.0. The van der Waals surface area contributed by atoms with Gasteiger partial charge in [0.15, 0.2) is 0 Å². The minimum absolute atomic E-state index is 0.208. The first kappa shape index (κ1) is 20.3. The van der Waals surface area contributed by atoms with Crippen LogP contribution in [0.25, 0.3) is 0 Å². The maximum absolute atomic E-state index is 12.1. The highest BCUT2D eigenvalue weighted by Gasteiger charge is 2.20. The molecule has 2 aromatic rings. The number of hydrogen-bond donors (Lipinski definition) is 1. The Hall–Kier alpha value is -1.99. The van der Waals surface area contributed by atoms with E-state index in [-0.39, 0.29) is 12.5 Å². The number of nitrogens with one attached hydrogen (secondary N) is 1. The molecule has 0 aliphatic carbocycles. The molecule has 2 aromatic carbocycles. The van der Waals surface area contributed by atoms with Crippen LogP contribution in [0.5, 0.6) is 0 Å². The molecule has 0 saturated carbocycles. The van der Waals surface area contributed by atoms with Crippen LogP contribution in [0.4, 0.5) is 5.69 Å². The van der Waals surface area contributed by atoms with E-state index in [1.54, 1.807) is 30.3 Å². The van der Waals surface area contributed by atoms with Crippen molar-refractivity contribution in [3.8, 4) is 0 Å². The third-order valence-corrected chi connectivity index (χ3v) is 5.89. The summed E-state index contributed by atoms with van der Waals surface area (Å²) in [6, 6.07) is 18.9. The second-order valence-corrected chi connectivity index (χ2v) is 8.86. The first-order chi connectivity index (χ1) is 12.5. The van der Waals surface area contributed by atoms with E-state index in [1.165, 1.54) is 5.56 Å². The molecule has 140 valence electrons. The van der Waals surface area contributed by atoms with Gasteiger partial charge in [0.2, 0.25) is 15.9 Å². The number of para-hydroxylation sites is 1. The number of nitrogens with zero attached hydrogens (tertiary/aromatic N) is 1. The number of sulfonamides is 1. The number of carbonyl (C=O) groups is 1. The molecule has 2 rings (SSSR count). The zero-order valence-electron chi connectivity index (χ0n) is 14.8. The lowest BCUT2D eigenvalue weighted by molar-refractivity contribution is -0.119. The van der Waals surface area contributed by atoms with E-state index in [0.29, 0.717) is 12.2 Å². The predicted molar refractivity (Wildman–Crippen MR) is 109 cm³/mol. The Morgan fingerprint density at radius 1 is 1.04 bits per heavy atom. The van der Waals surface area contributed by atoms with E-state index in [2.05, 4.69) is 17.4 Å². The third kappa shape index (κ3) is 7.09. The lowest BCUT2D eigenvalue weighted by Crippen LogP contribution is -2.40. The van der Waals surface area contributed by atoms with Crippen LogP contribution in [0, 0.1) is 0 Å². The highest BCUT2D eigenvalue weighted by atomic mass is 32.2. The summed E-state index contributed by atoms with van der Waals surface area (Å²) in [5.74, 6) is 1.58. The average molecular weight is 393 g/mol. The molecule has 0 bridgehead atoms. The molecule has 0 fully saturated rings. The summed E-state index contributed by atoms with van der Waals surface area (Å²) in [5, 5.41) is 2.80. The molecule has 5 nitrogen and oxygen atoms in total. The van der Waals surface area contributed by atoms with Crippen molar-refractivity contribution in [2.45, 2.75) is 12.2 Å². The zero-order chi connectivity index (χ0) is 18.8. The SMILES string of the molecule is CS(=O)(=O)N(CC(=O)NCCCSCc1ccccc1)c1ccccc1. The van der Waals surface area contributed by atoms with E-state index in [9.17, 15) is 13.2 Å². The third-order valence-electron chi connectivity index (χ3n) is 3.63. The second-order valence-electron chi connectivity index (χ2n) is 5.85. The van der Waals surface area contributed by atoms with Crippen molar-refractivity contribution in [3.63, 3.8) is 0 Å². The smallest absolute Gasteiger partial charge is 0.240 e. The molecular formula is C19H24N2O3S2. The fraction of sp³-hybridized carbons (Fsp3) is 0.316. The molecule has 0 spiro atoms. The van der Waals surface area contributed by atoms with Crippen LogP contribution in [-0.2, 0) is 20.6 Å². The fourth-order valence-corrected chi connectivity index (χ4v) is 4.12. The van der Waals surface area contributed by atoms with Gasteiger partial charge >= 0.3 is 0 Å². The Balaban J connectivity index is 1.71. The molecule has 7 heteroatoms. The molecule has 0 unspecified atom stereocenters. The monoisotopic (exact) mass is 392 g/mol. The van der Waals surface area contributed by atoms with Gasteiger partial charge in [-0.25, -0.2) is 8.42 Å². The standard InChI is InChI=1S/C19H24N2O3S2/c1-26(23,24)21(18-11-6-3-7-12-18)15-19(22)20-13-8-14-25-16-17-9-4-2-5-10-17/h2-7,9-12H,8,13-16H2,1H3,(H,20,22). The molecule has 0 radical (unpaired) electrons. The summed E-state index contributed by atoms with van der Waals surface area (Å²) >= 11 is 1.82. The topological polar surface area (TPSA) is 66.5 Å². The number of hydrogen-bond acceptors (Lipinski definition) is 4. The van der Waals surface area contributed by atoms with Crippen molar-refractivity contribution in [2.75, 3.05) is 29.4 Å². The van der Waals surface area contributed by atoms with Gasteiger partial charge in [-0.2, -0.15) is 11.8 Å². The van der Waals surface area contributed by atoms with E-state index in [4.69, 9.17) is 0 Å². The minimum Gasteiger partial charge on any atom is -0.354 e.